The predicted molar refractivity (Wildman–Crippen MR) is 130 cm³/mol. The van der Waals surface area contributed by atoms with Crippen molar-refractivity contribution in [2.45, 2.75) is 128 Å². The number of rotatable bonds is 19. The Morgan fingerprint density at radius 3 is 2.20 bits per heavy atom. The topological polar surface area (TPSA) is 132 Å². The van der Waals surface area contributed by atoms with Crippen LogP contribution in [0.3, 0.4) is 0 Å². The van der Waals surface area contributed by atoms with Crippen LogP contribution < -0.4 is 0 Å². The van der Waals surface area contributed by atoms with E-state index in [0.717, 1.165) is 57.8 Å². The van der Waals surface area contributed by atoms with Gasteiger partial charge in [0.2, 0.25) is 0 Å². The van der Waals surface area contributed by atoms with Gasteiger partial charge in [0.05, 0.1) is 12.7 Å². The minimum absolute atomic E-state index is 0.177. The molecule has 1 fully saturated rings. The number of aliphatic hydroxyl groups is 3. The van der Waals surface area contributed by atoms with Crippen molar-refractivity contribution < 1.29 is 43.9 Å². The first kappa shape index (κ1) is 31.5. The zero-order valence-electron chi connectivity index (χ0n) is 21.4. The van der Waals surface area contributed by atoms with Crippen LogP contribution in [0.15, 0.2) is 12.7 Å². The summed E-state index contributed by atoms with van der Waals surface area (Å²) in [6.07, 6.45) is 5.06. The lowest BCUT2D eigenvalue weighted by Gasteiger charge is -2.39. The monoisotopic (exact) mass is 502 g/mol. The molecule has 0 unspecified atom stereocenters. The number of unbranched alkanes of at least 4 members (excludes halogenated alkanes) is 8. The molecule has 0 aromatic rings. The molecular weight excluding hydrogens is 456 g/mol. The van der Waals surface area contributed by atoms with Crippen molar-refractivity contribution in [1.29, 1.82) is 0 Å². The molecule has 9 nitrogen and oxygen atoms in total. The van der Waals surface area contributed by atoms with Crippen molar-refractivity contribution in [2.24, 2.45) is 0 Å². The molecule has 0 amide bonds. The van der Waals surface area contributed by atoms with Crippen molar-refractivity contribution in [3.8, 4) is 0 Å². The third-order valence-electron chi connectivity index (χ3n) is 6.01. The Bertz CT molecular complexity index is 597. The number of hydrogen-bond donors (Lipinski definition) is 3. The van der Waals surface area contributed by atoms with Crippen LogP contribution in [0.25, 0.3) is 0 Å². The molecule has 0 aromatic heterocycles. The van der Waals surface area contributed by atoms with E-state index >= 15 is 0 Å². The molecule has 6 atom stereocenters. The fourth-order valence-corrected chi connectivity index (χ4v) is 3.76. The molecule has 0 aromatic carbocycles. The normalized spacial score (nSPS) is 25.1. The molecule has 1 heterocycles. The lowest BCUT2D eigenvalue weighted by molar-refractivity contribution is -0.297. The van der Waals surface area contributed by atoms with E-state index in [0.29, 0.717) is 12.8 Å². The van der Waals surface area contributed by atoms with Gasteiger partial charge in [-0.2, -0.15) is 0 Å². The van der Waals surface area contributed by atoms with E-state index in [-0.39, 0.29) is 25.6 Å². The zero-order chi connectivity index (χ0) is 26.1. The molecule has 204 valence electrons. The lowest BCUT2D eigenvalue weighted by atomic mass is 10.0. The van der Waals surface area contributed by atoms with Crippen molar-refractivity contribution in [3.63, 3.8) is 0 Å². The van der Waals surface area contributed by atoms with Gasteiger partial charge in [-0.3, -0.25) is 9.59 Å². The van der Waals surface area contributed by atoms with Crippen LogP contribution in [-0.2, 0) is 28.5 Å². The second-order valence-electron chi connectivity index (χ2n) is 9.22. The van der Waals surface area contributed by atoms with Gasteiger partial charge in [0.1, 0.15) is 24.9 Å². The van der Waals surface area contributed by atoms with Gasteiger partial charge in [0.15, 0.2) is 12.4 Å². The Kier molecular flexibility index (Phi) is 16.8. The highest BCUT2D eigenvalue weighted by molar-refractivity contribution is 5.70. The summed E-state index contributed by atoms with van der Waals surface area (Å²) in [5.74, 6) is -0.791. The molecule has 1 aliphatic rings. The van der Waals surface area contributed by atoms with Crippen LogP contribution in [0.2, 0.25) is 0 Å². The second-order valence-corrected chi connectivity index (χ2v) is 9.22. The maximum Gasteiger partial charge on any atom is 0.306 e. The Balaban J connectivity index is 2.52. The van der Waals surface area contributed by atoms with Crippen molar-refractivity contribution >= 4 is 11.9 Å². The van der Waals surface area contributed by atoms with E-state index in [9.17, 15) is 24.9 Å². The second kappa shape index (κ2) is 18.7. The summed E-state index contributed by atoms with van der Waals surface area (Å²) in [5.41, 5.74) is 0. The quantitative estimate of drug-likeness (QED) is 0.138. The summed E-state index contributed by atoms with van der Waals surface area (Å²) in [4.78, 5) is 24.4. The Morgan fingerprint density at radius 1 is 0.886 bits per heavy atom. The molecule has 0 bridgehead atoms. The van der Waals surface area contributed by atoms with E-state index in [1.165, 1.54) is 0 Å². The van der Waals surface area contributed by atoms with Crippen molar-refractivity contribution in [2.75, 3.05) is 13.2 Å². The Labute approximate surface area is 209 Å². The summed E-state index contributed by atoms with van der Waals surface area (Å²) >= 11 is 0. The first-order valence-electron chi connectivity index (χ1n) is 13.1. The average Bonchev–Trinajstić information content (AvgIpc) is 2.84. The highest BCUT2D eigenvalue weighted by Crippen LogP contribution is 2.22. The van der Waals surface area contributed by atoms with Crippen LogP contribution in [-0.4, -0.2) is 77.3 Å². The maximum absolute atomic E-state index is 12.4. The minimum atomic E-state index is -1.47. The molecule has 1 aliphatic heterocycles. The first-order chi connectivity index (χ1) is 16.8. The third kappa shape index (κ3) is 13.4. The smallest absolute Gasteiger partial charge is 0.306 e. The number of hydrogen-bond acceptors (Lipinski definition) is 9. The number of carbonyl (C=O) groups is 2. The number of aliphatic hydroxyl groups excluding tert-OH is 3. The molecule has 35 heavy (non-hydrogen) atoms. The van der Waals surface area contributed by atoms with E-state index < -0.39 is 42.8 Å². The van der Waals surface area contributed by atoms with Crippen molar-refractivity contribution in [3.05, 3.63) is 12.7 Å². The average molecular weight is 503 g/mol. The van der Waals surface area contributed by atoms with Crippen LogP contribution in [0, 0.1) is 0 Å². The Morgan fingerprint density at radius 2 is 1.51 bits per heavy atom. The highest BCUT2D eigenvalue weighted by atomic mass is 16.7. The molecule has 0 radical (unpaired) electrons. The highest BCUT2D eigenvalue weighted by Gasteiger charge is 2.42. The molecule has 3 N–H and O–H groups in total. The van der Waals surface area contributed by atoms with Crippen LogP contribution in [0.1, 0.15) is 90.9 Å². The van der Waals surface area contributed by atoms with Gasteiger partial charge < -0.3 is 34.3 Å². The van der Waals surface area contributed by atoms with E-state index in [1.54, 1.807) is 6.92 Å². The summed E-state index contributed by atoms with van der Waals surface area (Å²) < 4.78 is 21.8. The third-order valence-corrected chi connectivity index (χ3v) is 6.01. The van der Waals surface area contributed by atoms with Gasteiger partial charge in [-0.15, -0.1) is 6.58 Å². The van der Waals surface area contributed by atoms with E-state index in [4.69, 9.17) is 18.9 Å². The number of esters is 2. The fourth-order valence-electron chi connectivity index (χ4n) is 3.76. The first-order valence-corrected chi connectivity index (χ1v) is 13.1. The summed E-state index contributed by atoms with van der Waals surface area (Å²) in [6, 6.07) is 0. The van der Waals surface area contributed by atoms with Crippen molar-refractivity contribution in [1.82, 2.24) is 0 Å². The number of allylic oxidation sites excluding steroid dienone is 1. The molecule has 0 spiro atoms. The molecule has 1 saturated heterocycles. The molecule has 0 aliphatic carbocycles. The largest absolute Gasteiger partial charge is 0.462 e. The predicted octanol–water partition coefficient (Wildman–Crippen LogP) is 3.17. The van der Waals surface area contributed by atoms with Gasteiger partial charge in [-0.05, 0) is 32.6 Å². The van der Waals surface area contributed by atoms with Gasteiger partial charge in [0, 0.05) is 12.8 Å². The van der Waals surface area contributed by atoms with E-state index in [1.807, 2.05) is 6.08 Å². The standard InChI is InChI=1S/C26H46O9/c1-4-6-8-10-11-12-14-16-22(28)35-20(17-32-21(27)15-13-9-7-5-2)18-33-26-25(31)24(30)23(29)19(3)34-26/h4,19-20,23-26,29-31H,1,5-18H2,2-3H3/t19-,20-,23+,24+,25-,26-/m1/s1. The molecule has 1 rings (SSSR count). The summed E-state index contributed by atoms with van der Waals surface area (Å²) in [7, 11) is 0. The zero-order valence-corrected chi connectivity index (χ0v) is 21.4. The van der Waals surface area contributed by atoms with Gasteiger partial charge in [0.25, 0.3) is 0 Å². The van der Waals surface area contributed by atoms with Gasteiger partial charge >= 0.3 is 11.9 Å². The Hall–Kier alpha value is -1.52. The molecule has 0 saturated carbocycles. The van der Waals surface area contributed by atoms with Crippen LogP contribution in [0.5, 0.6) is 0 Å². The van der Waals surface area contributed by atoms with Gasteiger partial charge in [-0.1, -0.05) is 51.5 Å². The SMILES string of the molecule is C=CCCCCCCCC(=O)O[C@H](COC(=O)CCCCCC)CO[C@@H]1O[C@H](C)[C@H](O)[C@H](O)[C@H]1O. The molecule has 9 heteroatoms. The minimum Gasteiger partial charge on any atom is -0.462 e. The summed E-state index contributed by atoms with van der Waals surface area (Å²) in [5, 5.41) is 29.9. The summed E-state index contributed by atoms with van der Waals surface area (Å²) in [6.45, 7) is 6.96. The fraction of sp³-hybridized carbons (Fsp3) is 0.846. The lowest BCUT2D eigenvalue weighted by Crippen LogP contribution is -2.57. The number of ether oxygens (including phenoxy) is 4. The van der Waals surface area contributed by atoms with E-state index in [2.05, 4.69) is 13.5 Å². The molecular formula is C26H46O9. The van der Waals surface area contributed by atoms with Gasteiger partial charge in [-0.25, -0.2) is 0 Å². The van der Waals surface area contributed by atoms with Crippen LogP contribution in [0.4, 0.5) is 0 Å². The number of carbonyl (C=O) groups excluding carboxylic acids is 2. The van der Waals surface area contributed by atoms with Crippen LogP contribution >= 0.6 is 0 Å². The maximum atomic E-state index is 12.4.